The smallest absolute Gasteiger partial charge is 0.0135 e. The Balaban J connectivity index is 1.62. The maximum atomic E-state index is 2.06. The molecule has 4 bridgehead atoms. The summed E-state index contributed by atoms with van der Waals surface area (Å²) in [7, 11) is 0. The standard InChI is InChI=1S/C16H22/c1-2-4-12-11(3-1)13-8-14(12)16-10-6-5-9(7-10)15(13)16/h9,11-15H,1-8H2. The van der Waals surface area contributed by atoms with Gasteiger partial charge in [-0.3, -0.25) is 0 Å². The molecule has 4 saturated carbocycles. The Labute approximate surface area is 98.5 Å². The van der Waals surface area contributed by atoms with Gasteiger partial charge in [-0.15, -0.1) is 0 Å². The van der Waals surface area contributed by atoms with Crippen LogP contribution in [0.1, 0.15) is 51.4 Å². The Kier molecular flexibility index (Phi) is 1.52. The van der Waals surface area contributed by atoms with Gasteiger partial charge in [0, 0.05) is 0 Å². The van der Waals surface area contributed by atoms with Crippen LogP contribution in [0.25, 0.3) is 0 Å². The van der Waals surface area contributed by atoms with Crippen LogP contribution in [-0.2, 0) is 0 Å². The van der Waals surface area contributed by atoms with Crippen LogP contribution >= 0.6 is 0 Å². The first-order valence-electron chi connectivity index (χ1n) is 7.65. The second kappa shape index (κ2) is 2.76. The van der Waals surface area contributed by atoms with Crippen LogP contribution in [0.5, 0.6) is 0 Å². The Morgan fingerprint density at radius 3 is 2.69 bits per heavy atom. The van der Waals surface area contributed by atoms with Crippen LogP contribution in [0.15, 0.2) is 11.1 Å². The van der Waals surface area contributed by atoms with Gasteiger partial charge in [0.25, 0.3) is 0 Å². The fraction of sp³-hybridized carbons (Fsp3) is 0.875. The molecule has 0 radical (unpaired) electrons. The second-order valence-corrected chi connectivity index (χ2v) is 7.21. The largest absolute Gasteiger partial charge is 0.0701 e. The van der Waals surface area contributed by atoms with Gasteiger partial charge >= 0.3 is 0 Å². The third kappa shape index (κ3) is 0.833. The highest BCUT2D eigenvalue weighted by molar-refractivity contribution is 5.38. The van der Waals surface area contributed by atoms with E-state index in [1.807, 2.05) is 5.57 Å². The molecule has 86 valence electrons. The fourth-order valence-electron chi connectivity index (χ4n) is 6.66. The summed E-state index contributed by atoms with van der Waals surface area (Å²) >= 11 is 0. The number of allylic oxidation sites excluding steroid dienone is 2. The number of fused-ring (bicyclic) bond motifs is 11. The van der Waals surface area contributed by atoms with Crippen molar-refractivity contribution >= 4 is 0 Å². The molecule has 6 unspecified atom stereocenters. The molecule has 0 aromatic heterocycles. The van der Waals surface area contributed by atoms with Crippen molar-refractivity contribution in [3.05, 3.63) is 11.1 Å². The van der Waals surface area contributed by atoms with Crippen LogP contribution in [0.2, 0.25) is 0 Å². The van der Waals surface area contributed by atoms with E-state index in [0.717, 1.165) is 29.6 Å². The molecule has 16 heavy (non-hydrogen) atoms. The lowest BCUT2D eigenvalue weighted by Gasteiger charge is -2.42. The lowest BCUT2D eigenvalue weighted by atomic mass is 9.63. The van der Waals surface area contributed by atoms with Crippen molar-refractivity contribution in [1.82, 2.24) is 0 Å². The van der Waals surface area contributed by atoms with E-state index in [0.29, 0.717) is 0 Å². The molecule has 0 heterocycles. The molecule has 4 fully saturated rings. The molecule has 0 spiro atoms. The van der Waals surface area contributed by atoms with E-state index in [9.17, 15) is 0 Å². The monoisotopic (exact) mass is 214 g/mol. The molecule has 0 N–H and O–H groups in total. The van der Waals surface area contributed by atoms with E-state index in [2.05, 4.69) is 5.57 Å². The maximum absolute atomic E-state index is 2.06. The molecule has 0 saturated heterocycles. The first-order valence-corrected chi connectivity index (χ1v) is 7.65. The summed E-state index contributed by atoms with van der Waals surface area (Å²) in [6.45, 7) is 0. The summed E-state index contributed by atoms with van der Waals surface area (Å²) in [4.78, 5) is 0. The van der Waals surface area contributed by atoms with Crippen molar-refractivity contribution in [2.45, 2.75) is 51.4 Å². The van der Waals surface area contributed by atoms with Crippen LogP contribution in [0.3, 0.4) is 0 Å². The highest BCUT2D eigenvalue weighted by Crippen LogP contribution is 2.69. The Hall–Kier alpha value is -0.260. The lowest BCUT2D eigenvalue weighted by molar-refractivity contribution is 0.130. The molecule has 0 aromatic rings. The zero-order chi connectivity index (χ0) is 10.3. The average molecular weight is 214 g/mol. The Bertz CT molecular complexity index is 377. The lowest BCUT2D eigenvalue weighted by Crippen LogP contribution is -2.34. The maximum Gasteiger partial charge on any atom is -0.0135 e. The number of hydrogen-bond acceptors (Lipinski definition) is 0. The minimum Gasteiger partial charge on any atom is -0.0701 e. The molecule has 0 heteroatoms. The molecule has 0 amide bonds. The molecule has 0 aromatic carbocycles. The van der Waals surface area contributed by atoms with E-state index in [-0.39, 0.29) is 0 Å². The molecular weight excluding hydrogens is 192 g/mol. The third-order valence-corrected chi connectivity index (χ3v) is 6.93. The number of hydrogen-bond donors (Lipinski definition) is 0. The molecule has 0 nitrogen and oxygen atoms in total. The highest BCUT2D eigenvalue weighted by atomic mass is 14.6. The fourth-order valence-corrected chi connectivity index (χ4v) is 6.66. The molecule has 5 aliphatic carbocycles. The van der Waals surface area contributed by atoms with E-state index < -0.39 is 0 Å². The van der Waals surface area contributed by atoms with Crippen molar-refractivity contribution in [2.75, 3.05) is 0 Å². The summed E-state index contributed by atoms with van der Waals surface area (Å²) in [5.41, 5.74) is 4.02. The summed E-state index contributed by atoms with van der Waals surface area (Å²) < 4.78 is 0. The van der Waals surface area contributed by atoms with Gasteiger partial charge in [0.05, 0.1) is 0 Å². The van der Waals surface area contributed by atoms with Gasteiger partial charge in [-0.1, -0.05) is 24.0 Å². The van der Waals surface area contributed by atoms with Gasteiger partial charge in [-0.05, 0) is 74.0 Å². The Morgan fingerprint density at radius 2 is 1.75 bits per heavy atom. The molecular formula is C16H22. The van der Waals surface area contributed by atoms with Crippen molar-refractivity contribution < 1.29 is 0 Å². The minimum atomic E-state index is 1.10. The average Bonchev–Trinajstić information content (AvgIpc) is 3.07. The van der Waals surface area contributed by atoms with E-state index in [1.165, 1.54) is 18.8 Å². The predicted octanol–water partition coefficient (Wildman–Crippen LogP) is 4.17. The van der Waals surface area contributed by atoms with Gasteiger partial charge in [0.2, 0.25) is 0 Å². The van der Waals surface area contributed by atoms with E-state index in [1.54, 1.807) is 38.5 Å². The first-order chi connectivity index (χ1) is 7.93. The molecule has 5 aliphatic rings. The van der Waals surface area contributed by atoms with Crippen molar-refractivity contribution in [3.63, 3.8) is 0 Å². The van der Waals surface area contributed by atoms with Crippen LogP contribution in [0, 0.1) is 35.5 Å². The normalized spacial score (nSPS) is 57.0. The minimum absolute atomic E-state index is 1.10. The predicted molar refractivity (Wildman–Crippen MR) is 64.9 cm³/mol. The van der Waals surface area contributed by atoms with Gasteiger partial charge in [-0.25, -0.2) is 0 Å². The zero-order valence-electron chi connectivity index (χ0n) is 10.1. The Morgan fingerprint density at radius 1 is 0.875 bits per heavy atom. The first kappa shape index (κ1) is 8.78. The highest BCUT2D eigenvalue weighted by Gasteiger charge is 2.60. The van der Waals surface area contributed by atoms with Crippen molar-refractivity contribution in [1.29, 1.82) is 0 Å². The number of rotatable bonds is 0. The topological polar surface area (TPSA) is 0 Å². The molecule has 6 atom stereocenters. The zero-order valence-corrected chi connectivity index (χ0v) is 10.1. The quantitative estimate of drug-likeness (QED) is 0.531. The van der Waals surface area contributed by atoms with Crippen LogP contribution in [0.4, 0.5) is 0 Å². The van der Waals surface area contributed by atoms with Crippen LogP contribution in [-0.4, -0.2) is 0 Å². The van der Waals surface area contributed by atoms with Crippen molar-refractivity contribution in [2.24, 2.45) is 35.5 Å². The third-order valence-electron chi connectivity index (χ3n) is 6.93. The SMILES string of the molecule is C1CCC2C(C1)C1CC2C2C1=C1CCC2C1. The summed E-state index contributed by atoms with van der Waals surface area (Å²) in [6.07, 6.45) is 12.5. The molecule has 5 rings (SSSR count). The van der Waals surface area contributed by atoms with Gasteiger partial charge < -0.3 is 0 Å². The van der Waals surface area contributed by atoms with Gasteiger partial charge in [-0.2, -0.15) is 0 Å². The van der Waals surface area contributed by atoms with Gasteiger partial charge in [0.1, 0.15) is 0 Å². The van der Waals surface area contributed by atoms with Crippen molar-refractivity contribution in [3.8, 4) is 0 Å². The summed E-state index contributed by atoms with van der Waals surface area (Å²) in [5, 5.41) is 0. The van der Waals surface area contributed by atoms with E-state index >= 15 is 0 Å². The summed E-state index contributed by atoms with van der Waals surface area (Å²) in [6, 6.07) is 0. The van der Waals surface area contributed by atoms with Crippen LogP contribution < -0.4 is 0 Å². The summed E-state index contributed by atoms with van der Waals surface area (Å²) in [5.74, 6) is 6.83. The second-order valence-electron chi connectivity index (χ2n) is 7.21. The molecule has 0 aliphatic heterocycles. The van der Waals surface area contributed by atoms with Gasteiger partial charge in [0.15, 0.2) is 0 Å². The van der Waals surface area contributed by atoms with E-state index in [4.69, 9.17) is 0 Å².